The van der Waals surface area contributed by atoms with Crippen LogP contribution in [0.15, 0.2) is 53.8 Å². The van der Waals surface area contributed by atoms with E-state index in [1.807, 2.05) is 20.8 Å². The third-order valence-corrected chi connectivity index (χ3v) is 3.98. The van der Waals surface area contributed by atoms with Crippen LogP contribution in [0.5, 0.6) is 0 Å². The molecule has 1 aromatic carbocycles. The van der Waals surface area contributed by atoms with Gasteiger partial charge in [-0.3, -0.25) is 15.0 Å². The molecule has 0 spiro atoms. The molecular formula is C19H21ClN6O2. The Morgan fingerprint density at radius 1 is 1.32 bits per heavy atom. The van der Waals surface area contributed by atoms with E-state index in [1.54, 1.807) is 48.8 Å². The quantitative estimate of drug-likeness (QED) is 0.238. The smallest absolute Gasteiger partial charge is 0.252 e. The number of carbonyl (C=O) groups excluding carboxylic acids is 1. The van der Waals surface area contributed by atoms with E-state index in [1.165, 1.54) is 6.20 Å². The standard InChI is InChI=1S/C19H21ClN6O2/c1-19(2,3)17(25-16(27)13-6-8-14(20)9-7-13)26(28)18(23-12-21)24-15-5-4-10-22-11-15/h4-11,17,28H,1-3H3,(H,23,24)(H,25,27). The number of hydrogen-bond acceptors (Lipinski definition) is 5. The fourth-order valence-electron chi connectivity index (χ4n) is 2.33. The molecule has 0 bridgehead atoms. The molecule has 0 aliphatic rings. The second-order valence-corrected chi connectivity index (χ2v) is 7.43. The molecule has 0 saturated heterocycles. The molecular weight excluding hydrogens is 380 g/mol. The average molecular weight is 401 g/mol. The molecule has 146 valence electrons. The number of aromatic nitrogens is 1. The van der Waals surface area contributed by atoms with Crippen LogP contribution in [0.4, 0.5) is 5.69 Å². The lowest BCUT2D eigenvalue weighted by Crippen LogP contribution is -2.57. The van der Waals surface area contributed by atoms with E-state index < -0.39 is 17.5 Å². The third-order valence-electron chi connectivity index (χ3n) is 3.73. The second kappa shape index (κ2) is 9.17. The molecule has 0 aliphatic heterocycles. The summed E-state index contributed by atoms with van der Waals surface area (Å²) in [6, 6.07) is 9.76. The summed E-state index contributed by atoms with van der Waals surface area (Å²) in [5.41, 5.74) is 0.294. The molecule has 1 unspecified atom stereocenters. The Bertz CT molecular complexity index is 872. The first-order valence-electron chi connectivity index (χ1n) is 8.40. The number of nitrogens with one attached hydrogen (secondary N) is 2. The first kappa shape index (κ1) is 21.2. The number of anilines is 1. The molecule has 0 aliphatic carbocycles. The zero-order valence-corrected chi connectivity index (χ0v) is 16.5. The number of hydrogen-bond donors (Lipinski definition) is 3. The summed E-state index contributed by atoms with van der Waals surface area (Å²) in [7, 11) is 0. The van der Waals surface area contributed by atoms with Crippen LogP contribution in [0.3, 0.4) is 0 Å². The summed E-state index contributed by atoms with van der Waals surface area (Å²) in [5, 5.41) is 26.6. The predicted molar refractivity (Wildman–Crippen MR) is 107 cm³/mol. The van der Waals surface area contributed by atoms with Crippen molar-refractivity contribution in [3.8, 4) is 6.19 Å². The van der Waals surface area contributed by atoms with E-state index in [0.29, 0.717) is 16.3 Å². The summed E-state index contributed by atoms with van der Waals surface area (Å²) in [6.45, 7) is 5.49. The van der Waals surface area contributed by atoms with Crippen molar-refractivity contribution in [3.63, 3.8) is 0 Å². The molecule has 3 N–H and O–H groups in total. The van der Waals surface area contributed by atoms with Gasteiger partial charge >= 0.3 is 0 Å². The molecule has 0 fully saturated rings. The van der Waals surface area contributed by atoms with Gasteiger partial charge in [0.25, 0.3) is 5.91 Å². The Hall–Kier alpha value is -3.15. The van der Waals surface area contributed by atoms with Gasteiger partial charge in [-0.05, 0) is 36.4 Å². The lowest BCUT2D eigenvalue weighted by molar-refractivity contribution is -0.0959. The van der Waals surface area contributed by atoms with Crippen molar-refractivity contribution in [1.29, 1.82) is 5.26 Å². The molecule has 2 aromatic rings. The number of guanidine groups is 1. The van der Waals surface area contributed by atoms with Crippen LogP contribution in [-0.4, -0.2) is 33.3 Å². The van der Waals surface area contributed by atoms with Crippen LogP contribution in [0.1, 0.15) is 31.1 Å². The van der Waals surface area contributed by atoms with Gasteiger partial charge in [0.1, 0.15) is 6.17 Å². The van der Waals surface area contributed by atoms with Gasteiger partial charge in [0, 0.05) is 22.2 Å². The average Bonchev–Trinajstić information content (AvgIpc) is 2.65. The maximum Gasteiger partial charge on any atom is 0.252 e. The van der Waals surface area contributed by atoms with Crippen LogP contribution in [0.2, 0.25) is 5.02 Å². The number of nitriles is 1. The predicted octanol–water partition coefficient (Wildman–Crippen LogP) is 3.48. The SMILES string of the molecule is CC(C)(C)C(NC(=O)c1ccc(Cl)cc1)N(O)/C(=N/C#N)Nc1cccnc1. The van der Waals surface area contributed by atoms with E-state index in [2.05, 4.69) is 20.6 Å². The Morgan fingerprint density at radius 2 is 2.00 bits per heavy atom. The van der Waals surface area contributed by atoms with Gasteiger partial charge in [-0.15, -0.1) is 4.99 Å². The highest BCUT2D eigenvalue weighted by molar-refractivity contribution is 6.30. The summed E-state index contributed by atoms with van der Waals surface area (Å²) in [6.07, 6.45) is 3.85. The molecule has 2 rings (SSSR count). The number of aliphatic imine (C=N–C) groups is 1. The van der Waals surface area contributed by atoms with E-state index in [9.17, 15) is 10.0 Å². The van der Waals surface area contributed by atoms with Crippen molar-refractivity contribution in [3.05, 3.63) is 59.4 Å². The van der Waals surface area contributed by atoms with E-state index >= 15 is 0 Å². The molecule has 0 radical (unpaired) electrons. The molecule has 1 atom stereocenters. The van der Waals surface area contributed by atoms with Crippen molar-refractivity contribution >= 4 is 29.2 Å². The van der Waals surface area contributed by atoms with Gasteiger partial charge < -0.3 is 10.6 Å². The molecule has 9 heteroatoms. The van der Waals surface area contributed by atoms with Crippen LogP contribution < -0.4 is 10.6 Å². The van der Waals surface area contributed by atoms with Crippen molar-refractivity contribution in [2.75, 3.05) is 5.32 Å². The number of pyridine rings is 1. The number of amides is 1. The zero-order chi connectivity index (χ0) is 20.7. The zero-order valence-electron chi connectivity index (χ0n) is 15.7. The molecule has 0 saturated carbocycles. The first-order valence-corrected chi connectivity index (χ1v) is 8.78. The van der Waals surface area contributed by atoms with Crippen molar-refractivity contribution in [2.45, 2.75) is 26.9 Å². The van der Waals surface area contributed by atoms with Crippen molar-refractivity contribution in [1.82, 2.24) is 15.4 Å². The Morgan fingerprint density at radius 3 is 2.54 bits per heavy atom. The Balaban J connectivity index is 2.27. The van der Waals surface area contributed by atoms with Gasteiger partial charge in [-0.1, -0.05) is 32.4 Å². The molecule has 1 heterocycles. The summed E-state index contributed by atoms with van der Waals surface area (Å²) in [4.78, 5) is 20.2. The van der Waals surface area contributed by atoms with Gasteiger partial charge in [0.15, 0.2) is 0 Å². The van der Waals surface area contributed by atoms with Crippen LogP contribution in [-0.2, 0) is 0 Å². The van der Waals surface area contributed by atoms with Crippen molar-refractivity contribution in [2.24, 2.45) is 10.4 Å². The largest absolute Gasteiger partial charge is 0.329 e. The lowest BCUT2D eigenvalue weighted by atomic mass is 9.91. The fourth-order valence-corrected chi connectivity index (χ4v) is 2.45. The summed E-state index contributed by atoms with van der Waals surface area (Å²) < 4.78 is 0. The lowest BCUT2D eigenvalue weighted by Gasteiger charge is -2.37. The highest BCUT2D eigenvalue weighted by atomic mass is 35.5. The molecule has 8 nitrogen and oxygen atoms in total. The summed E-state index contributed by atoms with van der Waals surface area (Å²) >= 11 is 5.86. The Kier molecular flexibility index (Phi) is 6.93. The minimum Gasteiger partial charge on any atom is -0.329 e. The highest BCUT2D eigenvalue weighted by Crippen LogP contribution is 2.23. The number of carbonyl (C=O) groups is 1. The summed E-state index contributed by atoms with van der Waals surface area (Å²) in [5.74, 6) is -0.555. The minimum atomic E-state index is -0.896. The minimum absolute atomic E-state index is 0.146. The van der Waals surface area contributed by atoms with Gasteiger partial charge in [-0.2, -0.15) is 10.3 Å². The van der Waals surface area contributed by atoms with Crippen LogP contribution >= 0.6 is 11.6 Å². The monoisotopic (exact) mass is 400 g/mol. The van der Waals surface area contributed by atoms with Gasteiger partial charge in [-0.25, -0.2) is 0 Å². The maximum absolute atomic E-state index is 12.6. The van der Waals surface area contributed by atoms with Gasteiger partial charge in [0.2, 0.25) is 12.2 Å². The van der Waals surface area contributed by atoms with E-state index in [-0.39, 0.29) is 5.96 Å². The maximum atomic E-state index is 12.6. The number of hydroxylamine groups is 2. The second-order valence-electron chi connectivity index (χ2n) is 7.00. The van der Waals surface area contributed by atoms with Crippen molar-refractivity contribution < 1.29 is 10.0 Å². The van der Waals surface area contributed by atoms with Gasteiger partial charge in [0.05, 0.1) is 11.9 Å². The number of rotatable bonds is 4. The first-order chi connectivity index (χ1) is 13.2. The molecule has 1 amide bonds. The van der Waals surface area contributed by atoms with E-state index in [0.717, 1.165) is 5.06 Å². The Labute approximate surface area is 168 Å². The number of benzene rings is 1. The van der Waals surface area contributed by atoms with E-state index in [4.69, 9.17) is 16.9 Å². The van der Waals surface area contributed by atoms with Crippen LogP contribution in [0.25, 0.3) is 0 Å². The fraction of sp³-hybridized carbons (Fsp3) is 0.263. The molecule has 1 aromatic heterocycles. The third kappa shape index (κ3) is 5.67. The number of nitrogens with zero attached hydrogens (tertiary/aromatic N) is 4. The molecule has 28 heavy (non-hydrogen) atoms. The normalized spacial score (nSPS) is 12.6. The highest BCUT2D eigenvalue weighted by Gasteiger charge is 2.34. The topological polar surface area (TPSA) is 114 Å². The number of halogens is 1. The van der Waals surface area contributed by atoms with Crippen LogP contribution in [0, 0.1) is 16.9 Å².